The number of benzene rings is 1. The molecule has 0 aliphatic carbocycles. The molecule has 2 rings (SSSR count). The predicted octanol–water partition coefficient (Wildman–Crippen LogP) is 2.01. The van der Waals surface area contributed by atoms with Crippen LogP contribution >= 0.6 is 0 Å². The fraction of sp³-hybridized carbons (Fsp3) is 0.250. The molecule has 112 valence electrons. The lowest BCUT2D eigenvalue weighted by Gasteiger charge is -2.10. The fourth-order valence-electron chi connectivity index (χ4n) is 1.36. The molecular weight excluding hydrogens is 284 g/mol. The van der Waals surface area contributed by atoms with Gasteiger partial charge in [0.25, 0.3) is 0 Å². The van der Waals surface area contributed by atoms with Gasteiger partial charge < -0.3 is 9.47 Å². The molecule has 0 aliphatic rings. The Morgan fingerprint density at radius 1 is 1.10 bits per heavy atom. The number of ether oxygens (including phenoxy) is 2. The third-order valence-corrected chi connectivity index (χ3v) is 2.16. The molecule has 21 heavy (non-hydrogen) atoms. The van der Waals surface area contributed by atoms with Crippen LogP contribution in [-0.2, 0) is 0 Å². The second kappa shape index (κ2) is 6.27. The molecule has 3 N–H and O–H groups in total. The van der Waals surface area contributed by atoms with Crippen LogP contribution in [0.5, 0.6) is 17.8 Å². The molecule has 0 fully saturated rings. The topological polar surface area (TPSA) is 95.2 Å². The zero-order valence-corrected chi connectivity index (χ0v) is 11.3. The van der Waals surface area contributed by atoms with Gasteiger partial charge >= 0.3 is 12.0 Å². The first-order valence-corrected chi connectivity index (χ1v) is 6.00. The van der Waals surface area contributed by atoms with Crippen molar-refractivity contribution in [3.63, 3.8) is 0 Å². The van der Waals surface area contributed by atoms with Gasteiger partial charge in [0.1, 0.15) is 5.75 Å². The molecule has 2 aromatic rings. The van der Waals surface area contributed by atoms with Crippen LogP contribution < -0.4 is 20.7 Å². The molecule has 0 radical (unpaired) electrons. The molecule has 0 amide bonds. The van der Waals surface area contributed by atoms with Crippen molar-refractivity contribution in [2.24, 2.45) is 5.84 Å². The average molecular weight is 297 g/mol. The Kier molecular flexibility index (Phi) is 4.43. The van der Waals surface area contributed by atoms with E-state index in [1.807, 2.05) is 0 Å². The van der Waals surface area contributed by atoms with Gasteiger partial charge in [-0.1, -0.05) is 0 Å². The third-order valence-electron chi connectivity index (χ3n) is 2.16. The Labute approximate surface area is 119 Å². The molecule has 0 saturated heterocycles. The zero-order valence-electron chi connectivity index (χ0n) is 11.3. The quantitative estimate of drug-likeness (QED) is 0.643. The molecule has 0 spiro atoms. The van der Waals surface area contributed by atoms with Crippen molar-refractivity contribution in [2.45, 2.75) is 20.0 Å². The van der Waals surface area contributed by atoms with Crippen molar-refractivity contribution >= 4 is 5.95 Å². The van der Waals surface area contributed by atoms with Gasteiger partial charge in [0.2, 0.25) is 5.95 Å². The Morgan fingerprint density at radius 2 is 1.81 bits per heavy atom. The Bertz CT molecular complexity index is 639. The van der Waals surface area contributed by atoms with Crippen LogP contribution in [-0.4, -0.2) is 21.1 Å². The standard InChI is InChI=1S/C12H13F2N5O2/c1-6(2)20-11-16-10(19-15)17-12(18-11)21-7-3-4-8(13)9(14)5-7/h3-6H,15H2,1-2H3,(H,16,17,18,19). The number of nitrogens with two attached hydrogens (primary N) is 1. The lowest BCUT2D eigenvalue weighted by Crippen LogP contribution is -2.15. The van der Waals surface area contributed by atoms with Crippen molar-refractivity contribution in [1.29, 1.82) is 0 Å². The zero-order chi connectivity index (χ0) is 15.4. The maximum Gasteiger partial charge on any atom is 0.330 e. The van der Waals surface area contributed by atoms with Crippen LogP contribution in [0.1, 0.15) is 13.8 Å². The predicted molar refractivity (Wildman–Crippen MR) is 69.8 cm³/mol. The molecule has 0 unspecified atom stereocenters. The van der Waals surface area contributed by atoms with E-state index >= 15 is 0 Å². The molecule has 0 atom stereocenters. The third kappa shape index (κ3) is 3.96. The summed E-state index contributed by atoms with van der Waals surface area (Å²) in [6.07, 6.45) is -0.172. The molecular formula is C12H13F2N5O2. The van der Waals surface area contributed by atoms with E-state index in [9.17, 15) is 8.78 Å². The van der Waals surface area contributed by atoms with E-state index in [0.717, 1.165) is 12.1 Å². The van der Waals surface area contributed by atoms with Gasteiger partial charge in [-0.05, 0) is 26.0 Å². The van der Waals surface area contributed by atoms with E-state index in [4.69, 9.17) is 15.3 Å². The summed E-state index contributed by atoms with van der Waals surface area (Å²) in [5, 5.41) is 0. The molecule has 0 saturated carbocycles. The van der Waals surface area contributed by atoms with Crippen LogP contribution in [0.2, 0.25) is 0 Å². The number of hydrogen-bond donors (Lipinski definition) is 2. The van der Waals surface area contributed by atoms with E-state index in [1.54, 1.807) is 13.8 Å². The SMILES string of the molecule is CC(C)Oc1nc(NN)nc(Oc2ccc(F)c(F)c2)n1. The number of halogens is 2. The minimum atomic E-state index is -1.04. The number of nitrogens with zero attached hydrogens (tertiary/aromatic N) is 3. The summed E-state index contributed by atoms with van der Waals surface area (Å²) >= 11 is 0. The van der Waals surface area contributed by atoms with Crippen molar-refractivity contribution in [3.8, 4) is 17.8 Å². The van der Waals surface area contributed by atoms with Crippen molar-refractivity contribution in [3.05, 3.63) is 29.8 Å². The van der Waals surface area contributed by atoms with E-state index in [-0.39, 0.29) is 29.8 Å². The highest BCUT2D eigenvalue weighted by Gasteiger charge is 2.11. The summed E-state index contributed by atoms with van der Waals surface area (Å²) in [4.78, 5) is 11.6. The summed E-state index contributed by atoms with van der Waals surface area (Å²) in [6.45, 7) is 3.57. The lowest BCUT2D eigenvalue weighted by molar-refractivity contribution is 0.218. The van der Waals surface area contributed by atoms with E-state index in [2.05, 4.69) is 20.4 Å². The highest BCUT2D eigenvalue weighted by molar-refractivity contribution is 5.30. The number of hydrogen-bond acceptors (Lipinski definition) is 7. The van der Waals surface area contributed by atoms with Gasteiger partial charge in [0, 0.05) is 6.07 Å². The normalized spacial score (nSPS) is 10.6. The molecule has 1 aromatic carbocycles. The summed E-state index contributed by atoms with van der Waals surface area (Å²) in [7, 11) is 0. The second-order valence-corrected chi connectivity index (χ2v) is 4.21. The highest BCUT2D eigenvalue weighted by atomic mass is 19.2. The summed E-state index contributed by atoms with van der Waals surface area (Å²) in [5.74, 6) is 3.25. The van der Waals surface area contributed by atoms with Crippen LogP contribution in [0.15, 0.2) is 18.2 Å². The number of nitrogens with one attached hydrogen (secondary N) is 1. The first-order valence-electron chi connectivity index (χ1n) is 6.00. The van der Waals surface area contributed by atoms with Crippen LogP contribution in [0.3, 0.4) is 0 Å². The smallest absolute Gasteiger partial charge is 0.330 e. The molecule has 1 aromatic heterocycles. The molecule has 1 heterocycles. The number of rotatable bonds is 5. The van der Waals surface area contributed by atoms with Crippen molar-refractivity contribution in [2.75, 3.05) is 5.43 Å². The van der Waals surface area contributed by atoms with E-state index in [0.29, 0.717) is 0 Å². The summed E-state index contributed by atoms with van der Waals surface area (Å²) < 4.78 is 36.5. The maximum atomic E-state index is 13.1. The van der Waals surface area contributed by atoms with Gasteiger partial charge in [-0.25, -0.2) is 14.6 Å². The fourth-order valence-corrected chi connectivity index (χ4v) is 1.36. The van der Waals surface area contributed by atoms with Crippen LogP contribution in [0, 0.1) is 11.6 Å². The largest absolute Gasteiger partial charge is 0.461 e. The van der Waals surface area contributed by atoms with E-state index < -0.39 is 11.6 Å². The van der Waals surface area contributed by atoms with Gasteiger partial charge in [-0.3, -0.25) is 5.43 Å². The van der Waals surface area contributed by atoms with Gasteiger partial charge in [-0.15, -0.1) is 4.98 Å². The minimum Gasteiger partial charge on any atom is -0.461 e. The number of aromatic nitrogens is 3. The highest BCUT2D eigenvalue weighted by Crippen LogP contribution is 2.22. The van der Waals surface area contributed by atoms with Gasteiger partial charge in [-0.2, -0.15) is 9.97 Å². The Balaban J connectivity index is 2.27. The van der Waals surface area contributed by atoms with Crippen molar-refractivity contribution in [1.82, 2.24) is 15.0 Å². The number of anilines is 1. The lowest BCUT2D eigenvalue weighted by atomic mass is 10.3. The van der Waals surface area contributed by atoms with Gasteiger partial charge in [0.15, 0.2) is 11.6 Å². The first kappa shape index (κ1) is 14.9. The second-order valence-electron chi connectivity index (χ2n) is 4.21. The molecule has 0 aliphatic heterocycles. The molecule has 0 bridgehead atoms. The van der Waals surface area contributed by atoms with E-state index in [1.165, 1.54) is 6.07 Å². The average Bonchev–Trinajstić information content (AvgIpc) is 2.42. The summed E-state index contributed by atoms with van der Waals surface area (Å²) in [6, 6.07) is 2.86. The van der Waals surface area contributed by atoms with Crippen LogP contribution in [0.25, 0.3) is 0 Å². The van der Waals surface area contributed by atoms with Crippen molar-refractivity contribution < 1.29 is 18.3 Å². The number of hydrazine groups is 1. The Hall–Kier alpha value is -2.55. The minimum absolute atomic E-state index is 0.00877. The summed E-state index contributed by atoms with van der Waals surface area (Å²) in [5.41, 5.74) is 2.23. The first-order chi connectivity index (χ1) is 9.97. The maximum absolute atomic E-state index is 13.1. The Morgan fingerprint density at radius 3 is 2.43 bits per heavy atom. The molecule has 7 nitrogen and oxygen atoms in total. The monoisotopic (exact) mass is 297 g/mol. The number of nitrogen functional groups attached to an aromatic ring is 1. The van der Waals surface area contributed by atoms with Crippen LogP contribution in [0.4, 0.5) is 14.7 Å². The van der Waals surface area contributed by atoms with Gasteiger partial charge in [0.05, 0.1) is 6.10 Å². The molecule has 9 heteroatoms.